The van der Waals surface area contributed by atoms with E-state index in [1.165, 1.54) is 11.8 Å². The van der Waals surface area contributed by atoms with Crippen molar-refractivity contribution in [1.29, 1.82) is 0 Å². The molecule has 2 N–H and O–H groups in total. The summed E-state index contributed by atoms with van der Waals surface area (Å²) in [5.41, 5.74) is 1.76. The first-order valence-corrected chi connectivity index (χ1v) is 8.92. The second-order valence-corrected chi connectivity index (χ2v) is 7.34. The lowest BCUT2D eigenvalue weighted by Gasteiger charge is -2.09. The quantitative estimate of drug-likeness (QED) is 0.671. The van der Waals surface area contributed by atoms with E-state index >= 15 is 0 Å². The Morgan fingerprint density at radius 1 is 1.48 bits per heavy atom. The Balaban J connectivity index is 1.62. The number of imidazole rings is 1. The van der Waals surface area contributed by atoms with Crippen molar-refractivity contribution in [2.75, 3.05) is 7.11 Å². The molecular weight excluding hydrogens is 330 g/mol. The first-order valence-electron chi connectivity index (χ1n) is 7.16. The summed E-state index contributed by atoms with van der Waals surface area (Å²) in [6, 6.07) is 9.65. The molecule has 0 fully saturated rings. The van der Waals surface area contributed by atoms with Crippen molar-refractivity contribution in [2.24, 2.45) is 0 Å². The molecular formula is C16H17N3O2S2. The van der Waals surface area contributed by atoms with Crippen LogP contribution in [0.5, 0.6) is 5.75 Å². The number of H-pyrrole nitrogens is 1. The van der Waals surface area contributed by atoms with Crippen LogP contribution in [0.25, 0.3) is 11.0 Å². The number of aromatic nitrogens is 2. The maximum absolute atomic E-state index is 12.2. The standard InChI is InChI=1S/C16H17N3O2S2/c1-10(15(20)17-9-12-4-3-7-22-12)23-16-18-13-6-5-11(21-2)8-14(13)19-16/h3-8,10H,9H2,1-2H3,(H,17,20)(H,18,19). The predicted octanol–water partition coefficient (Wildman–Crippen LogP) is 3.43. The zero-order valence-electron chi connectivity index (χ0n) is 12.8. The van der Waals surface area contributed by atoms with E-state index in [-0.39, 0.29) is 11.2 Å². The van der Waals surface area contributed by atoms with E-state index < -0.39 is 0 Å². The molecule has 23 heavy (non-hydrogen) atoms. The molecule has 0 bridgehead atoms. The highest BCUT2D eigenvalue weighted by Gasteiger charge is 2.16. The number of amides is 1. The number of aromatic amines is 1. The van der Waals surface area contributed by atoms with E-state index in [0.29, 0.717) is 6.54 Å². The number of nitrogens with one attached hydrogen (secondary N) is 2. The van der Waals surface area contributed by atoms with Gasteiger partial charge in [-0.05, 0) is 30.5 Å². The minimum absolute atomic E-state index is 0.00133. The van der Waals surface area contributed by atoms with Crippen molar-refractivity contribution < 1.29 is 9.53 Å². The zero-order valence-corrected chi connectivity index (χ0v) is 14.5. The van der Waals surface area contributed by atoms with Crippen molar-refractivity contribution >= 4 is 40.0 Å². The first-order chi connectivity index (χ1) is 11.2. The molecule has 2 heterocycles. The molecule has 0 aliphatic rings. The summed E-state index contributed by atoms with van der Waals surface area (Å²) in [5.74, 6) is 0.779. The topological polar surface area (TPSA) is 67.0 Å². The van der Waals surface area contributed by atoms with Gasteiger partial charge in [-0.15, -0.1) is 11.3 Å². The lowest BCUT2D eigenvalue weighted by atomic mass is 10.3. The molecule has 1 amide bonds. The van der Waals surface area contributed by atoms with Crippen molar-refractivity contribution in [3.05, 3.63) is 40.6 Å². The van der Waals surface area contributed by atoms with Crippen LogP contribution < -0.4 is 10.1 Å². The highest BCUT2D eigenvalue weighted by Crippen LogP contribution is 2.25. The minimum atomic E-state index is -0.225. The Morgan fingerprint density at radius 3 is 3.09 bits per heavy atom. The first kappa shape index (κ1) is 15.9. The van der Waals surface area contributed by atoms with Crippen molar-refractivity contribution in [3.8, 4) is 5.75 Å². The van der Waals surface area contributed by atoms with E-state index in [2.05, 4.69) is 15.3 Å². The average molecular weight is 347 g/mol. The number of carbonyl (C=O) groups excluding carboxylic acids is 1. The summed E-state index contributed by atoms with van der Waals surface area (Å²) in [6.45, 7) is 2.45. The maximum atomic E-state index is 12.2. The number of fused-ring (bicyclic) bond motifs is 1. The van der Waals surface area contributed by atoms with Crippen molar-refractivity contribution in [1.82, 2.24) is 15.3 Å². The fraction of sp³-hybridized carbons (Fsp3) is 0.250. The SMILES string of the molecule is COc1ccc2nc(SC(C)C(=O)NCc3cccs3)[nH]c2c1. The monoisotopic (exact) mass is 347 g/mol. The highest BCUT2D eigenvalue weighted by molar-refractivity contribution is 8.00. The molecule has 120 valence electrons. The van der Waals surface area contributed by atoms with Gasteiger partial charge in [0.2, 0.25) is 5.91 Å². The number of thioether (sulfide) groups is 1. The van der Waals surface area contributed by atoms with Crippen LogP contribution in [0.2, 0.25) is 0 Å². The summed E-state index contributed by atoms with van der Waals surface area (Å²) >= 11 is 3.05. The Labute approximate surface area is 142 Å². The number of benzene rings is 1. The molecule has 0 saturated heterocycles. The third kappa shape index (κ3) is 3.86. The Morgan fingerprint density at radius 2 is 2.35 bits per heavy atom. The summed E-state index contributed by atoms with van der Waals surface area (Å²) < 4.78 is 5.20. The molecule has 2 aromatic heterocycles. The van der Waals surface area contributed by atoms with Gasteiger partial charge in [-0.3, -0.25) is 4.79 Å². The second kappa shape index (κ2) is 7.06. The number of carbonyl (C=O) groups is 1. The zero-order chi connectivity index (χ0) is 16.2. The highest BCUT2D eigenvalue weighted by atomic mass is 32.2. The van der Waals surface area contributed by atoms with E-state index in [4.69, 9.17) is 4.74 Å². The van der Waals surface area contributed by atoms with Gasteiger partial charge < -0.3 is 15.0 Å². The normalized spacial score (nSPS) is 12.3. The fourth-order valence-electron chi connectivity index (χ4n) is 2.10. The van der Waals surface area contributed by atoms with Crippen molar-refractivity contribution in [3.63, 3.8) is 0 Å². The van der Waals surface area contributed by atoms with Crippen molar-refractivity contribution in [2.45, 2.75) is 23.9 Å². The average Bonchev–Trinajstić information content (AvgIpc) is 3.20. The molecule has 0 saturated carbocycles. The largest absolute Gasteiger partial charge is 0.497 e. The lowest BCUT2D eigenvalue weighted by Crippen LogP contribution is -2.30. The van der Waals surface area contributed by atoms with Crippen LogP contribution >= 0.6 is 23.1 Å². The van der Waals surface area contributed by atoms with Crippen LogP contribution in [-0.4, -0.2) is 28.2 Å². The van der Waals surface area contributed by atoms with Gasteiger partial charge >= 0.3 is 0 Å². The number of thiophene rings is 1. The Bertz CT molecular complexity index is 799. The van der Waals surface area contributed by atoms with Gasteiger partial charge in [-0.1, -0.05) is 17.8 Å². The van der Waals surface area contributed by atoms with E-state index in [1.807, 2.05) is 42.6 Å². The van der Waals surface area contributed by atoms with E-state index in [0.717, 1.165) is 26.8 Å². The lowest BCUT2D eigenvalue weighted by molar-refractivity contribution is -0.120. The summed E-state index contributed by atoms with van der Waals surface area (Å²) in [5, 5.41) is 5.45. The van der Waals surface area contributed by atoms with Crippen LogP contribution in [0.3, 0.4) is 0 Å². The number of nitrogens with zero attached hydrogens (tertiary/aromatic N) is 1. The molecule has 0 aliphatic heterocycles. The van der Waals surface area contributed by atoms with Gasteiger partial charge in [0.05, 0.1) is 29.9 Å². The molecule has 5 nitrogen and oxygen atoms in total. The molecule has 7 heteroatoms. The predicted molar refractivity (Wildman–Crippen MR) is 94.1 cm³/mol. The van der Waals surface area contributed by atoms with Crippen LogP contribution in [-0.2, 0) is 11.3 Å². The molecule has 3 rings (SSSR count). The third-order valence-corrected chi connectivity index (χ3v) is 5.20. The summed E-state index contributed by atoms with van der Waals surface area (Å²) in [4.78, 5) is 21.0. The number of rotatable bonds is 6. The van der Waals surface area contributed by atoms with Gasteiger partial charge in [0.15, 0.2) is 5.16 Å². The molecule has 1 aromatic carbocycles. The van der Waals surface area contributed by atoms with Crippen LogP contribution in [0.1, 0.15) is 11.8 Å². The molecule has 1 unspecified atom stereocenters. The van der Waals surface area contributed by atoms with Gasteiger partial charge in [0.25, 0.3) is 0 Å². The number of methoxy groups -OCH3 is 1. The Hall–Kier alpha value is -1.99. The number of hydrogen-bond acceptors (Lipinski definition) is 5. The van der Waals surface area contributed by atoms with Gasteiger partial charge in [0.1, 0.15) is 5.75 Å². The fourth-order valence-corrected chi connectivity index (χ4v) is 3.59. The Kier molecular flexibility index (Phi) is 4.88. The summed E-state index contributed by atoms with van der Waals surface area (Å²) in [7, 11) is 1.63. The molecule has 3 aromatic rings. The van der Waals surface area contributed by atoms with E-state index in [9.17, 15) is 4.79 Å². The smallest absolute Gasteiger partial charge is 0.233 e. The molecule has 0 radical (unpaired) electrons. The summed E-state index contributed by atoms with van der Waals surface area (Å²) in [6.07, 6.45) is 0. The second-order valence-electron chi connectivity index (χ2n) is 4.98. The number of hydrogen-bond donors (Lipinski definition) is 2. The minimum Gasteiger partial charge on any atom is -0.497 e. The van der Waals surface area contributed by atoms with Gasteiger partial charge in [0, 0.05) is 10.9 Å². The van der Waals surface area contributed by atoms with Crippen LogP contribution in [0.15, 0.2) is 40.9 Å². The van der Waals surface area contributed by atoms with E-state index in [1.54, 1.807) is 18.4 Å². The maximum Gasteiger partial charge on any atom is 0.233 e. The van der Waals surface area contributed by atoms with Gasteiger partial charge in [-0.2, -0.15) is 0 Å². The molecule has 1 atom stereocenters. The molecule has 0 spiro atoms. The van der Waals surface area contributed by atoms with Crippen LogP contribution in [0.4, 0.5) is 0 Å². The third-order valence-electron chi connectivity index (χ3n) is 3.34. The number of ether oxygens (including phenoxy) is 1. The van der Waals surface area contributed by atoms with Gasteiger partial charge in [-0.25, -0.2) is 4.98 Å². The van der Waals surface area contributed by atoms with Crippen LogP contribution in [0, 0.1) is 0 Å². The molecule has 0 aliphatic carbocycles.